The Balaban J connectivity index is 1.30. The van der Waals surface area contributed by atoms with Gasteiger partial charge in [0.1, 0.15) is 11.2 Å². The summed E-state index contributed by atoms with van der Waals surface area (Å²) in [6.45, 7) is 10.5. The molecule has 1 heteroatoms. The van der Waals surface area contributed by atoms with Gasteiger partial charge in [-0.2, -0.15) is 0 Å². The number of rotatable bonds is 11. The van der Waals surface area contributed by atoms with Crippen molar-refractivity contribution < 1.29 is 4.42 Å². The van der Waals surface area contributed by atoms with Gasteiger partial charge in [-0.05, 0) is 87.7 Å². The first-order valence-corrected chi connectivity index (χ1v) is 18.1. The maximum absolute atomic E-state index is 6.56. The molecule has 6 aromatic carbocycles. The second kappa shape index (κ2) is 15.8. The van der Waals surface area contributed by atoms with Gasteiger partial charge < -0.3 is 4.42 Å². The van der Waals surface area contributed by atoms with Gasteiger partial charge >= 0.3 is 0 Å². The van der Waals surface area contributed by atoms with Crippen molar-refractivity contribution in [2.75, 3.05) is 0 Å². The molecular formula is C51H44O. The molecule has 0 aliphatic heterocycles. The Labute approximate surface area is 308 Å². The Kier molecular flexibility index (Phi) is 10.4. The molecule has 1 nitrogen and oxygen atoms in total. The van der Waals surface area contributed by atoms with Gasteiger partial charge in [-0.1, -0.05) is 183 Å². The van der Waals surface area contributed by atoms with Crippen LogP contribution in [0.2, 0.25) is 0 Å². The molecule has 0 aliphatic rings. The van der Waals surface area contributed by atoms with Gasteiger partial charge in [0, 0.05) is 22.3 Å². The quantitative estimate of drug-likeness (QED) is 0.125. The molecule has 0 saturated carbocycles. The zero-order valence-corrected chi connectivity index (χ0v) is 30.2. The van der Waals surface area contributed by atoms with Crippen LogP contribution in [-0.2, 0) is 0 Å². The van der Waals surface area contributed by atoms with E-state index >= 15 is 0 Å². The molecule has 0 N–H and O–H groups in total. The third kappa shape index (κ3) is 7.18. The van der Waals surface area contributed by atoms with Crippen molar-refractivity contribution in [3.63, 3.8) is 0 Å². The van der Waals surface area contributed by atoms with E-state index in [1.807, 2.05) is 31.2 Å². The predicted octanol–water partition coefficient (Wildman–Crippen LogP) is 14.7. The molecule has 1 unspecified atom stereocenters. The Hall–Kier alpha value is -6.18. The molecule has 0 fully saturated rings. The zero-order valence-electron chi connectivity index (χ0n) is 30.2. The van der Waals surface area contributed by atoms with E-state index in [0.717, 1.165) is 27.5 Å². The summed E-state index contributed by atoms with van der Waals surface area (Å²) < 4.78 is 6.56. The van der Waals surface area contributed by atoms with Crippen molar-refractivity contribution in [1.82, 2.24) is 0 Å². The van der Waals surface area contributed by atoms with E-state index in [1.165, 1.54) is 55.3 Å². The number of para-hydroxylation sites is 2. The molecule has 1 heterocycles. The molecule has 7 aromatic rings. The van der Waals surface area contributed by atoms with Crippen LogP contribution in [0.5, 0.6) is 0 Å². The van der Waals surface area contributed by atoms with Gasteiger partial charge in [0.05, 0.1) is 0 Å². The highest BCUT2D eigenvalue weighted by molar-refractivity contribution is 6.08. The van der Waals surface area contributed by atoms with Crippen LogP contribution < -0.4 is 0 Å². The van der Waals surface area contributed by atoms with Crippen LogP contribution in [0, 0.1) is 0 Å². The van der Waals surface area contributed by atoms with Crippen LogP contribution in [-0.4, -0.2) is 0 Å². The summed E-state index contributed by atoms with van der Waals surface area (Å²) in [6, 6.07) is 48.1. The summed E-state index contributed by atoms with van der Waals surface area (Å²) >= 11 is 0. The van der Waals surface area contributed by atoms with E-state index in [2.05, 4.69) is 178 Å². The largest absolute Gasteiger partial charge is 0.455 e. The van der Waals surface area contributed by atoms with Crippen molar-refractivity contribution >= 4 is 43.9 Å². The van der Waals surface area contributed by atoms with E-state index in [4.69, 9.17) is 4.42 Å². The van der Waals surface area contributed by atoms with Gasteiger partial charge in [0.2, 0.25) is 0 Å². The third-order valence-corrected chi connectivity index (χ3v) is 10.0. The first-order valence-electron chi connectivity index (χ1n) is 18.1. The number of furan rings is 1. The SMILES string of the molecule is C=C/C=C\C=C(/C\C(=C(C)/C=C\C=C/C)c1ccccc1C(C)c1ccc(-c2ccc3ccccc3c2)cc1)c1cccc2c1oc1ccccc12. The molecule has 254 valence electrons. The first kappa shape index (κ1) is 34.3. The average Bonchev–Trinajstić information content (AvgIpc) is 3.58. The fourth-order valence-electron chi connectivity index (χ4n) is 7.21. The van der Waals surface area contributed by atoms with Gasteiger partial charge in [0.25, 0.3) is 0 Å². The summed E-state index contributed by atoms with van der Waals surface area (Å²) in [5, 5.41) is 4.78. The summed E-state index contributed by atoms with van der Waals surface area (Å²) in [5.41, 5.74) is 12.9. The molecular weight excluding hydrogens is 629 g/mol. The van der Waals surface area contributed by atoms with E-state index in [1.54, 1.807) is 0 Å². The van der Waals surface area contributed by atoms with Crippen molar-refractivity contribution in [3.8, 4) is 11.1 Å². The van der Waals surface area contributed by atoms with Gasteiger partial charge in [-0.25, -0.2) is 0 Å². The molecule has 0 radical (unpaired) electrons. The second-order valence-corrected chi connectivity index (χ2v) is 13.3. The fourth-order valence-corrected chi connectivity index (χ4v) is 7.21. The van der Waals surface area contributed by atoms with Gasteiger partial charge in [-0.15, -0.1) is 0 Å². The smallest absolute Gasteiger partial charge is 0.142 e. The Morgan fingerprint density at radius 3 is 2.21 bits per heavy atom. The number of hydrogen-bond acceptors (Lipinski definition) is 1. The molecule has 1 aromatic heterocycles. The van der Waals surface area contributed by atoms with Crippen molar-refractivity contribution in [1.29, 1.82) is 0 Å². The van der Waals surface area contributed by atoms with E-state index in [0.29, 0.717) is 6.42 Å². The van der Waals surface area contributed by atoms with E-state index < -0.39 is 0 Å². The highest BCUT2D eigenvalue weighted by Crippen LogP contribution is 2.41. The molecule has 1 atom stereocenters. The van der Waals surface area contributed by atoms with Gasteiger partial charge in [-0.3, -0.25) is 0 Å². The van der Waals surface area contributed by atoms with Crippen LogP contribution in [0.4, 0.5) is 0 Å². The van der Waals surface area contributed by atoms with Crippen LogP contribution in [0.25, 0.3) is 55.0 Å². The molecule has 0 aliphatic carbocycles. The highest BCUT2D eigenvalue weighted by Gasteiger charge is 2.20. The molecule has 52 heavy (non-hydrogen) atoms. The van der Waals surface area contributed by atoms with Crippen LogP contribution >= 0.6 is 0 Å². The monoisotopic (exact) mass is 672 g/mol. The first-order chi connectivity index (χ1) is 25.6. The predicted molar refractivity (Wildman–Crippen MR) is 226 cm³/mol. The standard InChI is InChI=1S/C51H44O/c1-5-7-9-18-36(3)49(35-43(21-10-8-6-2)45-25-17-26-48-47-24-15-16-27-50(47)52-51(45)48)46-23-14-13-22-44(46)37(4)38-28-30-40(31-29-38)42-33-32-39-19-11-12-20-41(39)34-42/h5-34,37H,2,35H2,1,3-4H3/b7-5-,10-8-,18-9-,43-21+,49-36+. The number of fused-ring (bicyclic) bond motifs is 4. The second-order valence-electron chi connectivity index (χ2n) is 13.3. The number of hydrogen-bond donors (Lipinski definition) is 0. The molecule has 0 spiro atoms. The minimum Gasteiger partial charge on any atom is -0.455 e. The maximum atomic E-state index is 6.56. The molecule has 0 amide bonds. The minimum atomic E-state index is 0.177. The average molecular weight is 673 g/mol. The van der Waals surface area contributed by atoms with Crippen molar-refractivity contribution in [3.05, 3.63) is 216 Å². The van der Waals surface area contributed by atoms with E-state index in [9.17, 15) is 0 Å². The Bertz CT molecular complexity index is 2530. The lowest BCUT2D eigenvalue weighted by atomic mass is 9.82. The highest BCUT2D eigenvalue weighted by atomic mass is 16.3. The fraction of sp³-hybridized carbons (Fsp3) is 0.0980. The van der Waals surface area contributed by atoms with E-state index in [-0.39, 0.29) is 5.92 Å². The minimum absolute atomic E-state index is 0.177. The maximum Gasteiger partial charge on any atom is 0.142 e. The van der Waals surface area contributed by atoms with Gasteiger partial charge in [0.15, 0.2) is 0 Å². The lowest BCUT2D eigenvalue weighted by Gasteiger charge is -2.22. The summed E-state index contributed by atoms with van der Waals surface area (Å²) in [7, 11) is 0. The molecule has 7 rings (SSSR count). The lowest BCUT2D eigenvalue weighted by Crippen LogP contribution is -2.03. The normalized spacial score (nSPS) is 13.6. The topological polar surface area (TPSA) is 13.1 Å². The number of allylic oxidation sites excluding steroid dienone is 11. The molecule has 0 saturated heterocycles. The molecule has 0 bridgehead atoms. The number of benzene rings is 6. The van der Waals surface area contributed by atoms with Crippen molar-refractivity contribution in [2.24, 2.45) is 0 Å². The van der Waals surface area contributed by atoms with Crippen LogP contribution in [0.15, 0.2) is 199 Å². The summed E-state index contributed by atoms with van der Waals surface area (Å²) in [4.78, 5) is 0. The summed E-state index contributed by atoms with van der Waals surface area (Å²) in [5.74, 6) is 0.177. The zero-order chi connectivity index (χ0) is 35.9. The van der Waals surface area contributed by atoms with Crippen LogP contribution in [0.1, 0.15) is 55.4 Å². The third-order valence-electron chi connectivity index (χ3n) is 10.0. The van der Waals surface area contributed by atoms with Crippen molar-refractivity contribution in [2.45, 2.75) is 33.1 Å². The Morgan fingerprint density at radius 2 is 1.38 bits per heavy atom. The Morgan fingerprint density at radius 1 is 0.673 bits per heavy atom. The van der Waals surface area contributed by atoms with Crippen LogP contribution in [0.3, 0.4) is 0 Å². The lowest BCUT2D eigenvalue weighted by molar-refractivity contribution is 0.667. The summed E-state index contributed by atoms with van der Waals surface area (Å²) in [6.07, 6.45) is 17.3.